The Kier molecular flexibility index (Phi) is 4.45. The number of esters is 2. The molecule has 29 heavy (non-hydrogen) atoms. The fraction of sp³-hybridized carbons (Fsp3) is 0.440. The maximum absolute atomic E-state index is 12.8. The van der Waals surface area contributed by atoms with E-state index in [0.29, 0.717) is 17.4 Å². The molecule has 0 saturated heterocycles. The molecular weight excluding hydrogens is 364 g/mol. The number of benzene rings is 2. The predicted molar refractivity (Wildman–Crippen MR) is 108 cm³/mol. The largest absolute Gasteiger partial charge is 0.458 e. The molecule has 3 aliphatic carbocycles. The minimum Gasteiger partial charge on any atom is -0.458 e. The first-order valence-electron chi connectivity index (χ1n) is 10.6. The van der Waals surface area contributed by atoms with E-state index in [9.17, 15) is 9.59 Å². The van der Waals surface area contributed by atoms with Crippen molar-refractivity contribution in [2.75, 3.05) is 0 Å². The van der Waals surface area contributed by atoms with Gasteiger partial charge in [-0.25, -0.2) is 4.79 Å². The van der Waals surface area contributed by atoms with Crippen LogP contribution in [0.5, 0.6) is 0 Å². The summed E-state index contributed by atoms with van der Waals surface area (Å²) in [4.78, 5) is 25.2. The molecule has 2 fully saturated rings. The van der Waals surface area contributed by atoms with Crippen molar-refractivity contribution in [3.63, 3.8) is 0 Å². The van der Waals surface area contributed by atoms with E-state index in [-0.39, 0.29) is 41.9 Å². The van der Waals surface area contributed by atoms with Crippen LogP contribution in [0.15, 0.2) is 54.6 Å². The Bertz CT molecular complexity index is 935. The number of ether oxygens (including phenoxy) is 2. The first kappa shape index (κ1) is 18.4. The molecule has 0 N–H and O–H groups in total. The zero-order chi connectivity index (χ0) is 20.1. The van der Waals surface area contributed by atoms with Crippen LogP contribution >= 0.6 is 0 Å². The average Bonchev–Trinajstić information content (AvgIpc) is 3.38. The van der Waals surface area contributed by atoms with Gasteiger partial charge in [0.05, 0.1) is 11.5 Å². The van der Waals surface area contributed by atoms with E-state index in [1.165, 1.54) is 11.1 Å². The molecule has 2 aromatic rings. The summed E-state index contributed by atoms with van der Waals surface area (Å²) in [6, 6.07) is 17.7. The highest BCUT2D eigenvalue weighted by molar-refractivity contribution is 5.89. The van der Waals surface area contributed by atoms with Crippen LogP contribution in [0.3, 0.4) is 0 Å². The Morgan fingerprint density at radius 3 is 2.31 bits per heavy atom. The molecular formula is C25H26O4. The van der Waals surface area contributed by atoms with Gasteiger partial charge in [0.1, 0.15) is 12.2 Å². The molecule has 6 atom stereocenters. The Balaban J connectivity index is 1.45. The van der Waals surface area contributed by atoms with Crippen LogP contribution in [0.1, 0.15) is 47.7 Å². The van der Waals surface area contributed by atoms with Gasteiger partial charge in [-0.15, -0.1) is 0 Å². The van der Waals surface area contributed by atoms with Crippen molar-refractivity contribution in [1.82, 2.24) is 0 Å². The zero-order valence-electron chi connectivity index (χ0n) is 16.8. The zero-order valence-corrected chi connectivity index (χ0v) is 16.8. The van der Waals surface area contributed by atoms with Crippen LogP contribution in [-0.2, 0) is 20.7 Å². The Morgan fingerprint density at radius 2 is 1.55 bits per heavy atom. The van der Waals surface area contributed by atoms with Crippen LogP contribution < -0.4 is 0 Å². The van der Waals surface area contributed by atoms with E-state index in [0.717, 1.165) is 12.8 Å². The lowest BCUT2D eigenvalue weighted by Gasteiger charge is -2.37. The highest BCUT2D eigenvalue weighted by Gasteiger charge is 2.63. The van der Waals surface area contributed by atoms with Crippen molar-refractivity contribution in [3.8, 4) is 0 Å². The third-order valence-corrected chi connectivity index (χ3v) is 7.03. The second-order valence-electron chi connectivity index (χ2n) is 8.95. The van der Waals surface area contributed by atoms with Crippen LogP contribution in [0.2, 0.25) is 0 Å². The standard InChI is InChI=1S/C25H26O4/c1-14(2)24(26)28-22-19-13-20(21-17-11-7-6-10-16(17)12-18(19)21)23(22)29-25(27)15-8-4-3-5-9-15/h3-11,14,18-23H,12-13H2,1-2H3. The van der Waals surface area contributed by atoms with E-state index in [1.807, 2.05) is 32.0 Å². The van der Waals surface area contributed by atoms with Crippen molar-refractivity contribution >= 4 is 11.9 Å². The van der Waals surface area contributed by atoms with E-state index < -0.39 is 0 Å². The molecule has 0 radical (unpaired) electrons. The maximum atomic E-state index is 12.8. The third kappa shape index (κ3) is 2.97. The molecule has 0 amide bonds. The molecule has 2 aromatic carbocycles. The van der Waals surface area contributed by atoms with E-state index in [2.05, 4.69) is 24.3 Å². The molecule has 4 heteroatoms. The van der Waals surface area contributed by atoms with Gasteiger partial charge in [0, 0.05) is 11.8 Å². The summed E-state index contributed by atoms with van der Waals surface area (Å²) in [7, 11) is 0. The summed E-state index contributed by atoms with van der Waals surface area (Å²) in [5.74, 6) is 0.552. The SMILES string of the molecule is CC(C)C(=O)OC1C2CC(C1OC(=O)c1ccccc1)C1c3ccccc3CC21. The number of fused-ring (bicyclic) bond motifs is 7. The van der Waals surface area contributed by atoms with Gasteiger partial charge in [0.15, 0.2) is 0 Å². The van der Waals surface area contributed by atoms with Gasteiger partial charge in [-0.3, -0.25) is 4.79 Å². The van der Waals surface area contributed by atoms with Gasteiger partial charge in [0.25, 0.3) is 0 Å². The molecule has 0 heterocycles. The van der Waals surface area contributed by atoms with Crippen molar-refractivity contribution in [2.24, 2.45) is 23.7 Å². The summed E-state index contributed by atoms with van der Waals surface area (Å²) in [5.41, 5.74) is 3.31. The number of hydrogen-bond acceptors (Lipinski definition) is 4. The van der Waals surface area contributed by atoms with Crippen LogP contribution in [-0.4, -0.2) is 24.1 Å². The minimum atomic E-state index is -0.386. The van der Waals surface area contributed by atoms with Gasteiger partial charge < -0.3 is 9.47 Å². The fourth-order valence-corrected chi connectivity index (χ4v) is 5.81. The molecule has 4 nitrogen and oxygen atoms in total. The number of rotatable bonds is 4. The predicted octanol–water partition coefficient (Wildman–Crippen LogP) is 4.39. The number of carbonyl (C=O) groups is 2. The van der Waals surface area contributed by atoms with E-state index >= 15 is 0 Å². The normalized spacial score (nSPS) is 31.4. The molecule has 6 unspecified atom stereocenters. The molecule has 5 rings (SSSR count). The molecule has 2 bridgehead atoms. The lowest BCUT2D eigenvalue weighted by molar-refractivity contribution is -0.165. The molecule has 0 spiro atoms. The smallest absolute Gasteiger partial charge is 0.338 e. The quantitative estimate of drug-likeness (QED) is 0.727. The molecule has 150 valence electrons. The topological polar surface area (TPSA) is 52.6 Å². The highest BCUT2D eigenvalue weighted by Crippen LogP contribution is 2.62. The highest BCUT2D eigenvalue weighted by atomic mass is 16.6. The summed E-state index contributed by atoms with van der Waals surface area (Å²) in [6.07, 6.45) is 1.24. The lowest BCUT2D eigenvalue weighted by atomic mass is 9.76. The van der Waals surface area contributed by atoms with Crippen molar-refractivity contribution < 1.29 is 19.1 Å². The molecule has 2 saturated carbocycles. The van der Waals surface area contributed by atoms with Crippen LogP contribution in [0, 0.1) is 23.7 Å². The first-order chi connectivity index (χ1) is 14.0. The van der Waals surface area contributed by atoms with Gasteiger partial charge in [-0.05, 0) is 47.9 Å². The molecule has 0 aromatic heterocycles. The van der Waals surface area contributed by atoms with Crippen molar-refractivity contribution in [1.29, 1.82) is 0 Å². The fourth-order valence-electron chi connectivity index (χ4n) is 5.81. The second-order valence-corrected chi connectivity index (χ2v) is 8.95. The van der Waals surface area contributed by atoms with Gasteiger partial charge in [-0.1, -0.05) is 56.3 Å². The lowest BCUT2D eigenvalue weighted by Crippen LogP contribution is -2.45. The minimum absolute atomic E-state index is 0.198. The average molecular weight is 390 g/mol. The van der Waals surface area contributed by atoms with Gasteiger partial charge in [0.2, 0.25) is 0 Å². The molecule has 0 aliphatic heterocycles. The Morgan fingerprint density at radius 1 is 0.862 bits per heavy atom. The maximum Gasteiger partial charge on any atom is 0.338 e. The second kappa shape index (κ2) is 7.01. The third-order valence-electron chi connectivity index (χ3n) is 7.03. The van der Waals surface area contributed by atoms with E-state index in [1.54, 1.807) is 12.1 Å². The monoisotopic (exact) mass is 390 g/mol. The van der Waals surface area contributed by atoms with Gasteiger partial charge >= 0.3 is 11.9 Å². The summed E-state index contributed by atoms with van der Waals surface area (Å²) in [5, 5.41) is 0. The van der Waals surface area contributed by atoms with Crippen LogP contribution in [0.25, 0.3) is 0 Å². The number of carbonyl (C=O) groups excluding carboxylic acids is 2. The van der Waals surface area contributed by atoms with Crippen molar-refractivity contribution in [3.05, 3.63) is 71.3 Å². The summed E-state index contributed by atoms with van der Waals surface area (Å²) in [6.45, 7) is 3.68. The Hall–Kier alpha value is -2.62. The van der Waals surface area contributed by atoms with E-state index in [4.69, 9.17) is 9.47 Å². The van der Waals surface area contributed by atoms with Gasteiger partial charge in [-0.2, -0.15) is 0 Å². The summed E-state index contributed by atoms with van der Waals surface area (Å²) < 4.78 is 12.0. The van der Waals surface area contributed by atoms with Crippen molar-refractivity contribution in [2.45, 2.75) is 44.8 Å². The first-order valence-corrected chi connectivity index (χ1v) is 10.6. The summed E-state index contributed by atoms with van der Waals surface area (Å²) >= 11 is 0. The number of hydrogen-bond donors (Lipinski definition) is 0. The molecule has 3 aliphatic rings. The Labute approximate surface area is 171 Å². The van der Waals surface area contributed by atoms with Crippen LogP contribution in [0.4, 0.5) is 0 Å².